The zero-order valence-corrected chi connectivity index (χ0v) is 11.3. The fourth-order valence-corrected chi connectivity index (χ4v) is 1.94. The van der Waals surface area contributed by atoms with E-state index >= 15 is 0 Å². The van der Waals surface area contributed by atoms with E-state index in [1.807, 2.05) is 20.8 Å². The van der Waals surface area contributed by atoms with Gasteiger partial charge in [0.2, 0.25) is 0 Å². The molecule has 1 aromatic heterocycles. The van der Waals surface area contributed by atoms with Crippen LogP contribution < -0.4 is 5.32 Å². The zero-order valence-electron chi connectivity index (χ0n) is 10.4. The topological polar surface area (TPSA) is 55.4 Å². The van der Waals surface area contributed by atoms with Gasteiger partial charge in [-0.15, -0.1) is 11.3 Å². The predicted octanol–water partition coefficient (Wildman–Crippen LogP) is 2.31. The van der Waals surface area contributed by atoms with Crippen LogP contribution in [0.2, 0.25) is 0 Å². The molecule has 0 aromatic carbocycles. The van der Waals surface area contributed by atoms with E-state index < -0.39 is 5.97 Å². The standard InChI is InChI=1S/C12H17NO3S/c1-7(2)8(3)13-11(14)9-5-6-10(17-9)12(15)16-4/h5-8H,1-4H3,(H,13,14). The van der Waals surface area contributed by atoms with E-state index in [1.165, 1.54) is 7.11 Å². The first-order valence-electron chi connectivity index (χ1n) is 5.44. The summed E-state index contributed by atoms with van der Waals surface area (Å²) in [4.78, 5) is 24.0. The Morgan fingerprint density at radius 2 is 1.82 bits per heavy atom. The van der Waals surface area contributed by atoms with Crippen molar-refractivity contribution in [2.75, 3.05) is 7.11 Å². The Labute approximate surface area is 105 Å². The van der Waals surface area contributed by atoms with Gasteiger partial charge in [0.15, 0.2) is 0 Å². The van der Waals surface area contributed by atoms with Crippen molar-refractivity contribution in [1.29, 1.82) is 0 Å². The lowest BCUT2D eigenvalue weighted by Gasteiger charge is -2.16. The molecule has 0 aliphatic rings. The van der Waals surface area contributed by atoms with Crippen LogP contribution in [0.4, 0.5) is 0 Å². The molecule has 1 atom stereocenters. The average Bonchev–Trinajstić information content (AvgIpc) is 2.77. The summed E-state index contributed by atoms with van der Waals surface area (Å²) < 4.78 is 4.59. The molecule has 1 amide bonds. The van der Waals surface area contributed by atoms with Crippen molar-refractivity contribution in [2.45, 2.75) is 26.8 Å². The molecule has 0 aliphatic heterocycles. The maximum Gasteiger partial charge on any atom is 0.348 e. The van der Waals surface area contributed by atoms with Gasteiger partial charge in [-0.05, 0) is 25.0 Å². The molecule has 0 saturated carbocycles. The molecular formula is C12H17NO3S. The molecule has 0 fully saturated rings. The van der Waals surface area contributed by atoms with Crippen LogP contribution in [0.25, 0.3) is 0 Å². The van der Waals surface area contributed by atoms with Gasteiger partial charge in [-0.3, -0.25) is 4.79 Å². The van der Waals surface area contributed by atoms with Crippen molar-refractivity contribution < 1.29 is 14.3 Å². The van der Waals surface area contributed by atoms with Crippen LogP contribution >= 0.6 is 11.3 Å². The quantitative estimate of drug-likeness (QED) is 0.840. The summed E-state index contributed by atoms with van der Waals surface area (Å²) in [7, 11) is 1.32. The molecule has 1 unspecified atom stereocenters. The summed E-state index contributed by atoms with van der Waals surface area (Å²) in [6.45, 7) is 6.04. The SMILES string of the molecule is COC(=O)c1ccc(C(=O)NC(C)C(C)C)s1. The number of rotatable bonds is 4. The minimum Gasteiger partial charge on any atom is -0.465 e. The van der Waals surface area contributed by atoms with Gasteiger partial charge in [-0.2, -0.15) is 0 Å². The second-order valence-corrected chi connectivity index (χ2v) is 5.25. The van der Waals surface area contributed by atoms with E-state index in [-0.39, 0.29) is 11.9 Å². The third-order valence-electron chi connectivity index (χ3n) is 2.58. The molecule has 94 valence electrons. The van der Waals surface area contributed by atoms with Crippen molar-refractivity contribution in [2.24, 2.45) is 5.92 Å². The molecule has 0 aliphatic carbocycles. The molecule has 0 spiro atoms. The normalized spacial score (nSPS) is 12.3. The van der Waals surface area contributed by atoms with Gasteiger partial charge in [0.25, 0.3) is 5.91 Å². The Hall–Kier alpha value is -1.36. The first-order chi connectivity index (χ1) is 7.95. The highest BCUT2D eigenvalue weighted by molar-refractivity contribution is 7.15. The van der Waals surface area contributed by atoms with E-state index in [2.05, 4.69) is 10.1 Å². The number of methoxy groups -OCH3 is 1. The fraction of sp³-hybridized carbons (Fsp3) is 0.500. The molecule has 1 rings (SSSR count). The lowest BCUT2D eigenvalue weighted by molar-refractivity contribution is 0.0606. The second-order valence-electron chi connectivity index (χ2n) is 4.16. The maximum absolute atomic E-state index is 11.8. The van der Waals surface area contributed by atoms with Crippen LogP contribution in [0, 0.1) is 5.92 Å². The summed E-state index contributed by atoms with van der Waals surface area (Å²) in [6, 6.07) is 3.34. The molecule has 0 bridgehead atoms. The molecule has 1 N–H and O–H groups in total. The number of carbonyl (C=O) groups is 2. The van der Waals surface area contributed by atoms with Gasteiger partial charge >= 0.3 is 5.97 Å². The highest BCUT2D eigenvalue weighted by atomic mass is 32.1. The van der Waals surface area contributed by atoms with Crippen LogP contribution in [-0.2, 0) is 4.74 Å². The van der Waals surface area contributed by atoms with Gasteiger partial charge in [-0.1, -0.05) is 13.8 Å². The molecule has 5 heteroatoms. The zero-order chi connectivity index (χ0) is 13.0. The molecule has 1 heterocycles. The lowest BCUT2D eigenvalue weighted by atomic mass is 10.1. The minimum absolute atomic E-state index is 0.103. The van der Waals surface area contributed by atoms with Crippen LogP contribution in [0.5, 0.6) is 0 Å². The first-order valence-corrected chi connectivity index (χ1v) is 6.26. The number of thiophene rings is 1. The van der Waals surface area contributed by atoms with Crippen molar-refractivity contribution in [3.8, 4) is 0 Å². The molecule has 1 aromatic rings. The molecule has 17 heavy (non-hydrogen) atoms. The number of amides is 1. The summed E-state index contributed by atoms with van der Waals surface area (Å²) in [5.74, 6) is -0.184. The van der Waals surface area contributed by atoms with E-state index in [1.54, 1.807) is 12.1 Å². The van der Waals surface area contributed by atoms with Gasteiger partial charge in [0.1, 0.15) is 4.88 Å². The number of nitrogens with one attached hydrogen (secondary N) is 1. The van der Waals surface area contributed by atoms with E-state index in [9.17, 15) is 9.59 Å². The summed E-state index contributed by atoms with van der Waals surface area (Å²) in [6.07, 6.45) is 0. The van der Waals surface area contributed by atoms with Crippen molar-refractivity contribution in [3.05, 3.63) is 21.9 Å². The molecule has 4 nitrogen and oxygen atoms in total. The van der Waals surface area contributed by atoms with Crippen molar-refractivity contribution in [1.82, 2.24) is 5.32 Å². The smallest absolute Gasteiger partial charge is 0.348 e. The van der Waals surface area contributed by atoms with Gasteiger partial charge in [-0.25, -0.2) is 4.79 Å². The lowest BCUT2D eigenvalue weighted by Crippen LogP contribution is -2.35. The number of ether oxygens (including phenoxy) is 1. The molecule has 0 radical (unpaired) electrons. The van der Waals surface area contributed by atoms with E-state index in [0.717, 1.165) is 11.3 Å². The number of carbonyl (C=O) groups excluding carboxylic acids is 2. The largest absolute Gasteiger partial charge is 0.465 e. The second kappa shape index (κ2) is 5.82. The van der Waals surface area contributed by atoms with E-state index in [0.29, 0.717) is 15.7 Å². The van der Waals surface area contributed by atoms with Gasteiger partial charge < -0.3 is 10.1 Å². The highest BCUT2D eigenvalue weighted by Crippen LogP contribution is 2.17. The Bertz CT molecular complexity index is 412. The van der Waals surface area contributed by atoms with Crippen molar-refractivity contribution in [3.63, 3.8) is 0 Å². The minimum atomic E-state index is -0.411. The molecule has 0 saturated heterocycles. The number of hydrogen-bond acceptors (Lipinski definition) is 4. The summed E-state index contributed by atoms with van der Waals surface area (Å²) in [5.41, 5.74) is 0. The van der Waals surface area contributed by atoms with Crippen molar-refractivity contribution >= 4 is 23.2 Å². The highest BCUT2D eigenvalue weighted by Gasteiger charge is 2.16. The Balaban J connectivity index is 2.70. The monoisotopic (exact) mass is 255 g/mol. The first kappa shape index (κ1) is 13.7. The Kier molecular flexibility index (Phi) is 4.69. The predicted molar refractivity (Wildman–Crippen MR) is 67.4 cm³/mol. The number of esters is 1. The van der Waals surface area contributed by atoms with Gasteiger partial charge in [0, 0.05) is 6.04 Å². The third kappa shape index (κ3) is 3.56. The molecular weight excluding hydrogens is 238 g/mol. The Morgan fingerprint density at radius 1 is 1.24 bits per heavy atom. The van der Waals surface area contributed by atoms with Crippen LogP contribution in [-0.4, -0.2) is 25.0 Å². The van der Waals surface area contributed by atoms with Crippen LogP contribution in [0.1, 0.15) is 40.1 Å². The van der Waals surface area contributed by atoms with Crippen LogP contribution in [0.15, 0.2) is 12.1 Å². The fourth-order valence-electron chi connectivity index (χ4n) is 1.11. The summed E-state index contributed by atoms with van der Waals surface area (Å²) >= 11 is 1.14. The van der Waals surface area contributed by atoms with Gasteiger partial charge in [0.05, 0.1) is 12.0 Å². The average molecular weight is 255 g/mol. The maximum atomic E-state index is 11.8. The summed E-state index contributed by atoms with van der Waals surface area (Å²) in [5, 5.41) is 2.89. The number of hydrogen-bond donors (Lipinski definition) is 1. The third-order valence-corrected chi connectivity index (χ3v) is 3.64. The Morgan fingerprint density at radius 3 is 2.35 bits per heavy atom. The van der Waals surface area contributed by atoms with Crippen LogP contribution in [0.3, 0.4) is 0 Å². The van der Waals surface area contributed by atoms with E-state index in [4.69, 9.17) is 0 Å².